The van der Waals surface area contributed by atoms with Gasteiger partial charge in [-0.2, -0.15) is 11.8 Å². The summed E-state index contributed by atoms with van der Waals surface area (Å²) in [6, 6.07) is 6.03. The van der Waals surface area contributed by atoms with Gasteiger partial charge in [0.2, 0.25) is 5.91 Å². The van der Waals surface area contributed by atoms with E-state index in [-0.39, 0.29) is 11.9 Å². The normalized spacial score (nSPS) is 20.0. The Bertz CT molecular complexity index is 528. The zero-order chi connectivity index (χ0) is 15.2. The third kappa shape index (κ3) is 5.13. The van der Waals surface area contributed by atoms with Crippen molar-refractivity contribution in [3.05, 3.63) is 29.3 Å². The molecule has 0 aliphatic carbocycles. The number of carbonyl (C=O) groups is 1. The van der Waals surface area contributed by atoms with Gasteiger partial charge in [0.05, 0.1) is 0 Å². The van der Waals surface area contributed by atoms with Crippen LogP contribution in [0.3, 0.4) is 0 Å². The monoisotopic (exact) mass is 326 g/mol. The maximum absolute atomic E-state index is 12.1. The topological polar surface area (TPSA) is 58.2 Å². The zero-order valence-corrected chi connectivity index (χ0v) is 14.1. The first-order chi connectivity index (χ1) is 10.1. The number of carbonyl (C=O) groups excluding carboxylic acids is 1. The fraction of sp³-hybridized carbons (Fsp3) is 0.533. The third-order valence-electron chi connectivity index (χ3n) is 3.51. The van der Waals surface area contributed by atoms with Crippen LogP contribution in [0.1, 0.15) is 17.5 Å². The fourth-order valence-electron chi connectivity index (χ4n) is 2.37. The van der Waals surface area contributed by atoms with E-state index < -0.39 is 10.8 Å². The molecule has 1 amide bonds. The summed E-state index contributed by atoms with van der Waals surface area (Å²) in [4.78, 5) is 12.1. The number of hydrogen-bond donors (Lipinski definition) is 2. The molecule has 1 aliphatic rings. The van der Waals surface area contributed by atoms with E-state index in [0.29, 0.717) is 12.2 Å². The standard InChI is InChI=1S/C15H22N2O2S2/c1-11-12(10-21(2)19)4-3-5-14(11)17-15(18)8-13-9-20-7-6-16-13/h3-5,13,16H,6-10H2,1-2H3,(H,17,18). The van der Waals surface area contributed by atoms with Gasteiger partial charge in [-0.1, -0.05) is 12.1 Å². The van der Waals surface area contributed by atoms with Crippen LogP contribution in [-0.2, 0) is 21.3 Å². The number of amides is 1. The second-order valence-electron chi connectivity index (χ2n) is 5.29. The Hall–Kier alpha value is -0.850. The van der Waals surface area contributed by atoms with Crippen molar-refractivity contribution >= 4 is 34.2 Å². The van der Waals surface area contributed by atoms with Crippen LogP contribution in [0.5, 0.6) is 0 Å². The van der Waals surface area contributed by atoms with Gasteiger partial charge >= 0.3 is 0 Å². The summed E-state index contributed by atoms with van der Waals surface area (Å²) < 4.78 is 11.4. The molecule has 116 valence electrons. The minimum Gasteiger partial charge on any atom is -0.326 e. The molecule has 0 aromatic heterocycles. The number of nitrogens with one attached hydrogen (secondary N) is 2. The Kier molecular flexibility index (Phi) is 6.26. The van der Waals surface area contributed by atoms with E-state index in [4.69, 9.17) is 0 Å². The van der Waals surface area contributed by atoms with Crippen LogP contribution < -0.4 is 10.6 Å². The summed E-state index contributed by atoms with van der Waals surface area (Å²) in [6.45, 7) is 2.94. The van der Waals surface area contributed by atoms with Crippen LogP contribution in [0.25, 0.3) is 0 Å². The van der Waals surface area contributed by atoms with Gasteiger partial charge < -0.3 is 10.6 Å². The largest absolute Gasteiger partial charge is 0.326 e. The molecule has 4 nitrogen and oxygen atoms in total. The lowest BCUT2D eigenvalue weighted by Gasteiger charge is -2.22. The Labute approximate surface area is 132 Å². The molecule has 1 aromatic rings. The maximum atomic E-state index is 12.1. The Morgan fingerprint density at radius 3 is 3.00 bits per heavy atom. The second-order valence-corrected chi connectivity index (χ2v) is 7.87. The molecular weight excluding hydrogens is 304 g/mol. The summed E-state index contributed by atoms with van der Waals surface area (Å²) in [5.74, 6) is 2.67. The molecule has 2 N–H and O–H groups in total. The summed E-state index contributed by atoms with van der Waals surface area (Å²) >= 11 is 1.89. The van der Waals surface area contributed by atoms with E-state index in [9.17, 15) is 9.00 Å². The minimum absolute atomic E-state index is 0.0351. The quantitative estimate of drug-likeness (QED) is 0.868. The smallest absolute Gasteiger partial charge is 0.225 e. The number of rotatable bonds is 5. The Balaban J connectivity index is 1.98. The Morgan fingerprint density at radius 2 is 2.33 bits per heavy atom. The van der Waals surface area contributed by atoms with Gasteiger partial charge in [0.15, 0.2) is 0 Å². The molecule has 2 rings (SSSR count). The van der Waals surface area contributed by atoms with E-state index >= 15 is 0 Å². The molecule has 1 aromatic carbocycles. The van der Waals surface area contributed by atoms with E-state index in [1.807, 2.05) is 36.9 Å². The molecule has 0 radical (unpaired) electrons. The van der Waals surface area contributed by atoms with E-state index in [1.54, 1.807) is 6.26 Å². The highest BCUT2D eigenvalue weighted by molar-refractivity contribution is 7.99. The van der Waals surface area contributed by atoms with Crippen molar-refractivity contribution in [2.24, 2.45) is 0 Å². The van der Waals surface area contributed by atoms with Crippen molar-refractivity contribution in [1.29, 1.82) is 0 Å². The molecule has 1 aliphatic heterocycles. The molecular formula is C15H22N2O2S2. The lowest BCUT2D eigenvalue weighted by atomic mass is 10.1. The molecule has 1 saturated heterocycles. The summed E-state index contributed by atoms with van der Waals surface area (Å²) in [7, 11) is -0.879. The first kappa shape index (κ1) is 16.5. The van der Waals surface area contributed by atoms with Crippen LogP contribution in [0, 0.1) is 6.92 Å². The lowest BCUT2D eigenvalue weighted by molar-refractivity contribution is -0.116. The molecule has 21 heavy (non-hydrogen) atoms. The molecule has 2 unspecified atom stereocenters. The van der Waals surface area contributed by atoms with Gasteiger partial charge in [-0.3, -0.25) is 9.00 Å². The van der Waals surface area contributed by atoms with Crippen LogP contribution in [0.15, 0.2) is 18.2 Å². The van der Waals surface area contributed by atoms with Gasteiger partial charge in [-0.05, 0) is 24.1 Å². The number of benzene rings is 1. The summed E-state index contributed by atoms with van der Waals surface area (Å²) in [6.07, 6.45) is 2.19. The van der Waals surface area contributed by atoms with E-state index in [2.05, 4.69) is 10.6 Å². The van der Waals surface area contributed by atoms with Crippen molar-refractivity contribution in [3.63, 3.8) is 0 Å². The predicted molar refractivity (Wildman–Crippen MR) is 91.3 cm³/mol. The van der Waals surface area contributed by atoms with E-state index in [1.165, 1.54) is 0 Å². The summed E-state index contributed by atoms with van der Waals surface area (Å²) in [5, 5.41) is 6.35. The zero-order valence-electron chi connectivity index (χ0n) is 12.5. The van der Waals surface area contributed by atoms with Crippen LogP contribution in [-0.4, -0.2) is 40.5 Å². The minimum atomic E-state index is -0.879. The summed E-state index contributed by atoms with van der Waals surface area (Å²) in [5.41, 5.74) is 2.86. The second kappa shape index (κ2) is 7.96. The average Bonchev–Trinajstić information content (AvgIpc) is 2.44. The van der Waals surface area contributed by atoms with Crippen molar-refractivity contribution < 1.29 is 9.00 Å². The molecule has 6 heteroatoms. The van der Waals surface area contributed by atoms with Crippen LogP contribution in [0.2, 0.25) is 0 Å². The molecule has 2 atom stereocenters. The molecule has 0 bridgehead atoms. The average molecular weight is 326 g/mol. The lowest BCUT2D eigenvalue weighted by Crippen LogP contribution is -2.39. The van der Waals surface area contributed by atoms with Crippen molar-refractivity contribution in [3.8, 4) is 0 Å². The molecule has 1 heterocycles. The van der Waals surface area contributed by atoms with Gasteiger partial charge in [0.1, 0.15) is 0 Å². The number of thioether (sulfide) groups is 1. The number of hydrogen-bond acceptors (Lipinski definition) is 4. The maximum Gasteiger partial charge on any atom is 0.225 e. The van der Waals surface area contributed by atoms with Gasteiger partial charge in [-0.25, -0.2) is 0 Å². The predicted octanol–water partition coefficient (Wildman–Crippen LogP) is 1.91. The third-order valence-corrected chi connectivity index (χ3v) is 5.36. The molecule has 0 saturated carbocycles. The highest BCUT2D eigenvalue weighted by Crippen LogP contribution is 2.21. The van der Waals surface area contributed by atoms with Crippen LogP contribution in [0.4, 0.5) is 5.69 Å². The number of anilines is 1. The van der Waals surface area contributed by atoms with E-state index in [0.717, 1.165) is 34.9 Å². The molecule has 0 spiro atoms. The fourth-order valence-corrected chi connectivity index (χ4v) is 4.07. The van der Waals surface area contributed by atoms with Crippen molar-refractivity contribution in [2.75, 3.05) is 29.6 Å². The first-order valence-electron chi connectivity index (χ1n) is 7.05. The highest BCUT2D eigenvalue weighted by atomic mass is 32.2. The van der Waals surface area contributed by atoms with Gasteiger partial charge in [-0.15, -0.1) is 0 Å². The molecule has 1 fully saturated rings. The first-order valence-corrected chi connectivity index (χ1v) is 9.94. The SMILES string of the molecule is Cc1c(CS(C)=O)cccc1NC(=O)CC1CSCCN1. The van der Waals surface area contributed by atoms with Crippen LogP contribution >= 0.6 is 11.8 Å². The van der Waals surface area contributed by atoms with Crippen molar-refractivity contribution in [2.45, 2.75) is 25.1 Å². The van der Waals surface area contributed by atoms with Gasteiger partial charge in [0, 0.05) is 59.0 Å². The van der Waals surface area contributed by atoms with Gasteiger partial charge in [0.25, 0.3) is 0 Å². The Morgan fingerprint density at radius 1 is 1.52 bits per heavy atom. The van der Waals surface area contributed by atoms with Crippen molar-refractivity contribution in [1.82, 2.24) is 5.32 Å². The highest BCUT2D eigenvalue weighted by Gasteiger charge is 2.17.